The van der Waals surface area contributed by atoms with Gasteiger partial charge >= 0.3 is 6.01 Å². The van der Waals surface area contributed by atoms with Gasteiger partial charge in [0.2, 0.25) is 5.89 Å². The van der Waals surface area contributed by atoms with Crippen molar-refractivity contribution in [3.05, 3.63) is 57.9 Å². The van der Waals surface area contributed by atoms with Gasteiger partial charge in [-0.05, 0) is 38.2 Å². The van der Waals surface area contributed by atoms with Gasteiger partial charge in [-0.1, -0.05) is 35.4 Å². The monoisotopic (exact) mass is 366 g/mol. The van der Waals surface area contributed by atoms with Gasteiger partial charge in [-0.15, -0.1) is 16.4 Å². The Balaban J connectivity index is 1.43. The van der Waals surface area contributed by atoms with E-state index in [1.54, 1.807) is 11.3 Å². The first-order valence-corrected chi connectivity index (χ1v) is 10.2. The summed E-state index contributed by atoms with van der Waals surface area (Å²) in [6, 6.07) is 11.5. The van der Waals surface area contributed by atoms with E-state index in [9.17, 15) is 0 Å². The van der Waals surface area contributed by atoms with Gasteiger partial charge in [0, 0.05) is 29.8 Å². The number of anilines is 1. The largest absolute Gasteiger partial charge is 0.408 e. The molecule has 26 heavy (non-hydrogen) atoms. The molecule has 134 valence electrons. The van der Waals surface area contributed by atoms with Crippen LogP contribution >= 0.6 is 11.3 Å². The summed E-state index contributed by atoms with van der Waals surface area (Å²) in [5, 5.41) is 11.9. The number of benzene rings is 1. The van der Waals surface area contributed by atoms with E-state index >= 15 is 0 Å². The molecule has 1 aliphatic heterocycles. The highest BCUT2D eigenvalue weighted by molar-refractivity contribution is 7.09. The van der Waals surface area contributed by atoms with Crippen LogP contribution in [0.25, 0.3) is 0 Å². The van der Waals surface area contributed by atoms with Crippen LogP contribution in [0.5, 0.6) is 0 Å². The van der Waals surface area contributed by atoms with Crippen molar-refractivity contribution in [3.8, 4) is 0 Å². The van der Waals surface area contributed by atoms with Crippen LogP contribution in [0.2, 0.25) is 0 Å². The van der Waals surface area contributed by atoms with E-state index in [1.807, 2.05) is 0 Å². The van der Waals surface area contributed by atoms with Crippen LogP contribution in [-0.4, -0.2) is 28.3 Å². The summed E-state index contributed by atoms with van der Waals surface area (Å²) in [5.74, 6) is 1.32. The molecule has 1 saturated carbocycles. The maximum atomic E-state index is 5.92. The van der Waals surface area contributed by atoms with Gasteiger partial charge in [0.05, 0.1) is 10.7 Å². The number of hydrogen-bond donors (Lipinski definition) is 0. The highest BCUT2D eigenvalue weighted by Gasteiger charge is 2.41. The van der Waals surface area contributed by atoms with Crippen LogP contribution in [0.3, 0.4) is 0 Å². The molecule has 3 heterocycles. The topological polar surface area (TPSA) is 55.1 Å². The fourth-order valence-electron chi connectivity index (χ4n) is 3.96. The number of piperidine rings is 1. The third kappa shape index (κ3) is 2.72. The zero-order valence-electron chi connectivity index (χ0n) is 14.9. The van der Waals surface area contributed by atoms with Gasteiger partial charge in [-0.3, -0.25) is 0 Å². The Labute approximate surface area is 157 Å². The van der Waals surface area contributed by atoms with Gasteiger partial charge < -0.3 is 9.32 Å². The lowest BCUT2D eigenvalue weighted by atomic mass is 9.71. The fourth-order valence-corrected chi connectivity index (χ4v) is 4.67. The second kappa shape index (κ2) is 6.20. The normalized spacial score (nSPS) is 19.7. The Morgan fingerprint density at radius 3 is 2.54 bits per heavy atom. The average Bonchev–Trinajstić information content (AvgIpc) is 3.25. The van der Waals surface area contributed by atoms with Crippen LogP contribution in [0.15, 0.2) is 40.1 Å². The first kappa shape index (κ1) is 16.0. The van der Waals surface area contributed by atoms with Gasteiger partial charge in [-0.2, -0.15) is 0 Å². The third-order valence-corrected chi connectivity index (χ3v) is 6.45. The van der Waals surface area contributed by atoms with Crippen molar-refractivity contribution in [1.82, 2.24) is 15.2 Å². The van der Waals surface area contributed by atoms with Crippen LogP contribution < -0.4 is 4.90 Å². The first-order valence-electron chi connectivity index (χ1n) is 9.31. The van der Waals surface area contributed by atoms with Crippen molar-refractivity contribution in [2.75, 3.05) is 18.0 Å². The van der Waals surface area contributed by atoms with Crippen molar-refractivity contribution in [2.45, 2.75) is 43.9 Å². The van der Waals surface area contributed by atoms with Gasteiger partial charge in [0.15, 0.2) is 0 Å². The van der Waals surface area contributed by atoms with Crippen molar-refractivity contribution in [1.29, 1.82) is 0 Å². The molecule has 0 atom stereocenters. The lowest BCUT2D eigenvalue weighted by Crippen LogP contribution is -2.43. The Morgan fingerprint density at radius 1 is 1.12 bits per heavy atom. The zero-order chi connectivity index (χ0) is 17.6. The Hall–Kier alpha value is -2.21. The molecule has 0 amide bonds. The molecule has 0 radical (unpaired) electrons. The van der Waals surface area contributed by atoms with Crippen molar-refractivity contribution >= 4 is 17.4 Å². The molecule has 0 unspecified atom stereocenters. The van der Waals surface area contributed by atoms with Crippen molar-refractivity contribution in [2.24, 2.45) is 0 Å². The maximum Gasteiger partial charge on any atom is 0.318 e. The summed E-state index contributed by atoms with van der Waals surface area (Å²) in [5.41, 5.74) is 2.53. The molecule has 0 spiro atoms. The van der Waals surface area contributed by atoms with Crippen LogP contribution in [0.4, 0.5) is 6.01 Å². The maximum absolute atomic E-state index is 5.92. The number of aromatic nitrogens is 3. The molecule has 6 heteroatoms. The molecular formula is C20H22N4OS. The fraction of sp³-hybridized carbons (Fsp3) is 0.450. The Bertz CT molecular complexity index is 891. The summed E-state index contributed by atoms with van der Waals surface area (Å²) in [6.07, 6.45) is 4.37. The molecule has 0 N–H and O–H groups in total. The molecule has 1 aliphatic carbocycles. The Morgan fingerprint density at radius 2 is 1.88 bits per heavy atom. The highest BCUT2D eigenvalue weighted by atomic mass is 32.1. The second-order valence-electron chi connectivity index (χ2n) is 7.38. The molecule has 1 aromatic carbocycles. The Kier molecular flexibility index (Phi) is 3.81. The van der Waals surface area contributed by atoms with Gasteiger partial charge in [0.25, 0.3) is 0 Å². The van der Waals surface area contributed by atoms with E-state index in [2.05, 4.69) is 57.7 Å². The molecule has 2 fully saturated rings. The van der Waals surface area contributed by atoms with E-state index in [-0.39, 0.29) is 5.41 Å². The SMILES string of the molecule is Cc1nc(C2(c3ccccc3)CCN(c3nnc(C4CC4)o3)CC2)cs1. The molecule has 5 nitrogen and oxygen atoms in total. The summed E-state index contributed by atoms with van der Waals surface area (Å²) < 4.78 is 5.92. The summed E-state index contributed by atoms with van der Waals surface area (Å²) in [4.78, 5) is 7.10. The molecule has 2 aliphatic rings. The minimum Gasteiger partial charge on any atom is -0.408 e. The minimum atomic E-state index is -0.0259. The van der Waals surface area contributed by atoms with E-state index in [1.165, 1.54) is 24.1 Å². The number of rotatable bonds is 4. The molecule has 2 aromatic heterocycles. The van der Waals surface area contributed by atoms with E-state index in [4.69, 9.17) is 9.40 Å². The predicted molar refractivity (Wildman–Crippen MR) is 102 cm³/mol. The molecule has 1 saturated heterocycles. The second-order valence-corrected chi connectivity index (χ2v) is 8.45. The highest BCUT2D eigenvalue weighted by Crippen LogP contribution is 2.43. The number of hydrogen-bond acceptors (Lipinski definition) is 6. The first-order chi connectivity index (χ1) is 12.7. The molecular weight excluding hydrogens is 344 g/mol. The van der Waals surface area contributed by atoms with Gasteiger partial charge in [0.1, 0.15) is 0 Å². The third-order valence-electron chi connectivity index (χ3n) is 5.68. The van der Waals surface area contributed by atoms with Crippen molar-refractivity contribution in [3.63, 3.8) is 0 Å². The number of aryl methyl sites for hydroxylation is 1. The zero-order valence-corrected chi connectivity index (χ0v) is 15.7. The minimum absolute atomic E-state index is 0.0259. The summed E-state index contributed by atoms with van der Waals surface area (Å²) >= 11 is 1.74. The lowest BCUT2D eigenvalue weighted by Gasteiger charge is -2.40. The van der Waals surface area contributed by atoms with Crippen LogP contribution in [0.1, 0.15) is 53.8 Å². The van der Waals surface area contributed by atoms with E-state index in [0.717, 1.165) is 36.8 Å². The predicted octanol–water partition coefficient (Wildman–Crippen LogP) is 4.30. The van der Waals surface area contributed by atoms with Crippen LogP contribution in [0, 0.1) is 6.92 Å². The smallest absolute Gasteiger partial charge is 0.318 e. The summed E-state index contributed by atoms with van der Waals surface area (Å²) in [6.45, 7) is 3.88. The molecule has 3 aromatic rings. The van der Waals surface area contributed by atoms with E-state index in [0.29, 0.717) is 11.9 Å². The summed E-state index contributed by atoms with van der Waals surface area (Å²) in [7, 11) is 0. The standard InChI is InChI=1S/C20H22N4OS/c1-14-21-17(13-26-14)20(16-5-3-2-4-6-16)9-11-24(12-10-20)19-23-22-18(25-19)15-7-8-15/h2-6,13,15H,7-12H2,1H3. The number of thiazole rings is 1. The van der Waals surface area contributed by atoms with Gasteiger partial charge in [-0.25, -0.2) is 4.98 Å². The number of nitrogens with zero attached hydrogens (tertiary/aromatic N) is 4. The average molecular weight is 366 g/mol. The lowest BCUT2D eigenvalue weighted by molar-refractivity contribution is 0.366. The van der Waals surface area contributed by atoms with E-state index < -0.39 is 0 Å². The van der Waals surface area contributed by atoms with Crippen molar-refractivity contribution < 1.29 is 4.42 Å². The molecule has 0 bridgehead atoms. The molecule has 5 rings (SSSR count). The quantitative estimate of drug-likeness (QED) is 0.689. The van der Waals surface area contributed by atoms with Crippen LogP contribution in [-0.2, 0) is 5.41 Å².